The molecule has 0 aromatic carbocycles. The van der Waals surface area contributed by atoms with E-state index in [0.29, 0.717) is 13.0 Å². The van der Waals surface area contributed by atoms with Crippen LogP contribution in [0.2, 0.25) is 0 Å². The highest BCUT2D eigenvalue weighted by Gasteiger charge is 2.27. The number of likely N-dealkylation sites (tertiary alicyclic amines) is 1. The molecule has 2 rings (SSSR count). The number of hydrogen-bond donors (Lipinski definition) is 2. The molecule has 0 radical (unpaired) electrons. The largest absolute Gasteiger partial charge is 0.338 e. The number of nitrogens with zero attached hydrogens (tertiary/aromatic N) is 2. The van der Waals surface area contributed by atoms with Gasteiger partial charge in [0.1, 0.15) is 6.04 Å². The van der Waals surface area contributed by atoms with Crippen molar-refractivity contribution in [3.05, 3.63) is 16.6 Å². The molecule has 0 unspecified atom stereocenters. The van der Waals surface area contributed by atoms with Crippen LogP contribution in [0.15, 0.2) is 11.6 Å². The van der Waals surface area contributed by atoms with Crippen LogP contribution in [0.1, 0.15) is 38.1 Å². The molecular formula is C15H24N4O2S. The van der Waals surface area contributed by atoms with Gasteiger partial charge in [0.25, 0.3) is 0 Å². The number of urea groups is 1. The van der Waals surface area contributed by atoms with E-state index in [1.54, 1.807) is 24.5 Å². The van der Waals surface area contributed by atoms with E-state index in [-0.39, 0.29) is 18.0 Å². The minimum atomic E-state index is -0.500. The molecule has 2 atom stereocenters. The number of thiazole rings is 1. The van der Waals surface area contributed by atoms with Gasteiger partial charge < -0.3 is 15.5 Å². The summed E-state index contributed by atoms with van der Waals surface area (Å²) in [6, 6.07) is -0.541. The number of carbonyl (C=O) groups is 2. The lowest BCUT2D eigenvalue weighted by Crippen LogP contribution is -2.53. The molecule has 122 valence electrons. The highest BCUT2D eigenvalue weighted by atomic mass is 32.1. The minimum Gasteiger partial charge on any atom is -0.338 e. The summed E-state index contributed by atoms with van der Waals surface area (Å²) in [5.41, 5.74) is 0. The third-order valence-electron chi connectivity index (χ3n) is 3.91. The normalized spacial score (nSPS) is 19.5. The molecule has 1 aromatic rings. The van der Waals surface area contributed by atoms with E-state index in [2.05, 4.69) is 22.5 Å². The molecule has 1 saturated heterocycles. The predicted octanol–water partition coefficient (Wildman–Crippen LogP) is 1.77. The Morgan fingerprint density at radius 3 is 3.00 bits per heavy atom. The molecule has 1 aromatic heterocycles. The van der Waals surface area contributed by atoms with Crippen LogP contribution < -0.4 is 10.6 Å². The van der Waals surface area contributed by atoms with Crippen LogP contribution in [0.5, 0.6) is 0 Å². The van der Waals surface area contributed by atoms with Gasteiger partial charge in [-0.25, -0.2) is 9.78 Å². The first-order valence-corrected chi connectivity index (χ1v) is 8.69. The summed E-state index contributed by atoms with van der Waals surface area (Å²) in [7, 11) is 0. The average Bonchev–Trinajstić information content (AvgIpc) is 3.00. The fourth-order valence-corrected chi connectivity index (χ4v) is 3.26. The van der Waals surface area contributed by atoms with Gasteiger partial charge in [-0.1, -0.05) is 0 Å². The first kappa shape index (κ1) is 16.7. The van der Waals surface area contributed by atoms with Gasteiger partial charge in [0.2, 0.25) is 5.91 Å². The third-order valence-corrected chi connectivity index (χ3v) is 4.75. The third kappa shape index (κ3) is 4.69. The van der Waals surface area contributed by atoms with E-state index in [0.717, 1.165) is 24.4 Å². The highest BCUT2D eigenvalue weighted by Crippen LogP contribution is 2.17. The second kappa shape index (κ2) is 8.12. The maximum absolute atomic E-state index is 12.4. The maximum Gasteiger partial charge on any atom is 0.315 e. The van der Waals surface area contributed by atoms with Crippen LogP contribution in [0, 0.1) is 0 Å². The van der Waals surface area contributed by atoms with Crippen LogP contribution in [0.25, 0.3) is 0 Å². The van der Waals surface area contributed by atoms with Gasteiger partial charge in [-0.15, -0.1) is 11.3 Å². The lowest BCUT2D eigenvalue weighted by molar-refractivity contribution is -0.136. The van der Waals surface area contributed by atoms with Gasteiger partial charge in [-0.2, -0.15) is 0 Å². The number of rotatable bonds is 5. The van der Waals surface area contributed by atoms with Crippen molar-refractivity contribution < 1.29 is 9.59 Å². The van der Waals surface area contributed by atoms with E-state index in [9.17, 15) is 9.59 Å². The number of hydrogen-bond acceptors (Lipinski definition) is 4. The van der Waals surface area contributed by atoms with E-state index < -0.39 is 6.04 Å². The maximum atomic E-state index is 12.4. The van der Waals surface area contributed by atoms with Gasteiger partial charge in [0, 0.05) is 37.1 Å². The van der Waals surface area contributed by atoms with Crippen LogP contribution in [-0.4, -0.2) is 47.0 Å². The summed E-state index contributed by atoms with van der Waals surface area (Å²) >= 11 is 1.57. The van der Waals surface area contributed by atoms with Gasteiger partial charge in [-0.05, 0) is 33.1 Å². The molecule has 2 N–H and O–H groups in total. The topological polar surface area (TPSA) is 74.3 Å². The van der Waals surface area contributed by atoms with Crippen LogP contribution >= 0.6 is 11.3 Å². The van der Waals surface area contributed by atoms with Gasteiger partial charge in [0.05, 0.1) is 5.01 Å². The van der Waals surface area contributed by atoms with Crippen LogP contribution in [-0.2, 0) is 11.2 Å². The molecule has 22 heavy (non-hydrogen) atoms. The van der Waals surface area contributed by atoms with Crippen molar-refractivity contribution in [2.24, 2.45) is 0 Å². The molecule has 0 saturated carbocycles. The van der Waals surface area contributed by atoms with Crippen molar-refractivity contribution in [1.82, 2.24) is 20.5 Å². The Hall–Kier alpha value is -1.63. The summed E-state index contributed by atoms with van der Waals surface area (Å²) in [5, 5.41) is 8.39. The van der Waals surface area contributed by atoms with Gasteiger partial charge in [0.15, 0.2) is 0 Å². The fourth-order valence-electron chi connectivity index (χ4n) is 2.64. The summed E-state index contributed by atoms with van der Waals surface area (Å²) in [5.74, 6) is 0.00211. The lowest BCUT2D eigenvalue weighted by atomic mass is 10.0. The van der Waals surface area contributed by atoms with E-state index in [4.69, 9.17) is 0 Å². The summed E-state index contributed by atoms with van der Waals surface area (Å²) in [4.78, 5) is 30.3. The number of carbonyl (C=O) groups excluding carboxylic acids is 2. The van der Waals surface area contributed by atoms with E-state index in [1.807, 2.05) is 10.3 Å². The first-order chi connectivity index (χ1) is 10.6. The van der Waals surface area contributed by atoms with Gasteiger partial charge >= 0.3 is 6.03 Å². The number of nitrogens with one attached hydrogen (secondary N) is 2. The van der Waals surface area contributed by atoms with Crippen LogP contribution in [0.3, 0.4) is 0 Å². The zero-order valence-corrected chi connectivity index (χ0v) is 14.0. The van der Waals surface area contributed by atoms with Crippen molar-refractivity contribution >= 4 is 23.3 Å². The second-order valence-corrected chi connectivity index (χ2v) is 6.65. The Labute approximate surface area is 135 Å². The van der Waals surface area contributed by atoms with E-state index >= 15 is 0 Å². The number of aromatic nitrogens is 1. The van der Waals surface area contributed by atoms with Crippen molar-refractivity contribution in [3.8, 4) is 0 Å². The van der Waals surface area contributed by atoms with Crippen molar-refractivity contribution in [2.75, 3.05) is 13.1 Å². The van der Waals surface area contributed by atoms with Crippen molar-refractivity contribution in [1.29, 1.82) is 0 Å². The molecule has 2 heterocycles. The molecule has 7 heteroatoms. The molecule has 0 aliphatic carbocycles. The zero-order chi connectivity index (χ0) is 15.9. The Kier molecular flexibility index (Phi) is 6.18. The number of amides is 3. The summed E-state index contributed by atoms with van der Waals surface area (Å²) in [6.45, 7) is 5.11. The molecule has 1 fully saturated rings. The highest BCUT2D eigenvalue weighted by molar-refractivity contribution is 7.09. The number of piperidine rings is 1. The molecule has 6 nitrogen and oxygen atoms in total. The van der Waals surface area contributed by atoms with E-state index in [1.165, 1.54) is 6.42 Å². The Morgan fingerprint density at radius 2 is 2.32 bits per heavy atom. The Bertz CT molecular complexity index is 492. The molecule has 0 bridgehead atoms. The zero-order valence-electron chi connectivity index (χ0n) is 13.2. The quantitative estimate of drug-likeness (QED) is 0.867. The average molecular weight is 324 g/mol. The smallest absolute Gasteiger partial charge is 0.315 e. The Balaban J connectivity index is 1.71. The molecular weight excluding hydrogens is 300 g/mol. The minimum absolute atomic E-state index is 0.00211. The summed E-state index contributed by atoms with van der Waals surface area (Å²) < 4.78 is 0. The molecule has 3 amide bonds. The Morgan fingerprint density at radius 1 is 1.50 bits per heavy atom. The van der Waals surface area contributed by atoms with Crippen molar-refractivity contribution in [2.45, 2.75) is 51.6 Å². The standard InChI is InChI=1S/C15H24N4O2S/c1-11-5-3-4-9-19(11)14(20)12(2)18-15(21)17-7-6-13-16-8-10-22-13/h8,10-12H,3-7,9H2,1-2H3,(H2,17,18,21)/t11-,12-/m0/s1. The summed E-state index contributed by atoms with van der Waals surface area (Å²) in [6.07, 6.45) is 5.71. The molecule has 0 spiro atoms. The predicted molar refractivity (Wildman–Crippen MR) is 86.8 cm³/mol. The monoisotopic (exact) mass is 324 g/mol. The first-order valence-electron chi connectivity index (χ1n) is 7.81. The van der Waals surface area contributed by atoms with Gasteiger partial charge in [-0.3, -0.25) is 4.79 Å². The van der Waals surface area contributed by atoms with Crippen molar-refractivity contribution in [3.63, 3.8) is 0 Å². The fraction of sp³-hybridized carbons (Fsp3) is 0.667. The lowest BCUT2D eigenvalue weighted by Gasteiger charge is -2.35. The SMILES string of the molecule is C[C@H](NC(=O)NCCc1nccs1)C(=O)N1CCCC[C@@H]1C. The van der Waals surface area contributed by atoms with Crippen LogP contribution in [0.4, 0.5) is 4.79 Å². The molecule has 1 aliphatic rings. The second-order valence-electron chi connectivity index (χ2n) is 5.67. The molecule has 1 aliphatic heterocycles.